The Kier molecular flexibility index (Phi) is 2.98. The summed E-state index contributed by atoms with van der Waals surface area (Å²) in [7, 11) is 0. The number of aromatic amines is 1. The zero-order valence-corrected chi connectivity index (χ0v) is 10.4. The minimum atomic E-state index is -0.413. The molecule has 1 aliphatic rings. The number of hydrogen-bond acceptors (Lipinski definition) is 2. The number of likely N-dealkylation sites (tertiary alicyclic amines) is 1. The van der Waals surface area contributed by atoms with Crippen molar-refractivity contribution in [3.63, 3.8) is 0 Å². The van der Waals surface area contributed by atoms with Gasteiger partial charge in [-0.05, 0) is 30.2 Å². The van der Waals surface area contributed by atoms with Crippen LogP contribution in [0.25, 0.3) is 10.9 Å². The molecule has 100 valence electrons. The number of fused-ring (bicyclic) bond motifs is 1. The van der Waals surface area contributed by atoms with Crippen LogP contribution in [0, 0.1) is 5.82 Å². The fourth-order valence-corrected chi connectivity index (χ4v) is 2.54. The van der Waals surface area contributed by atoms with Gasteiger partial charge in [0.1, 0.15) is 5.82 Å². The molecule has 1 aliphatic heterocycles. The van der Waals surface area contributed by atoms with E-state index in [0.29, 0.717) is 19.5 Å². The number of H-pyrrole nitrogens is 1. The number of aliphatic hydroxyl groups excluding tert-OH is 1. The van der Waals surface area contributed by atoms with Gasteiger partial charge in [0.2, 0.25) is 5.91 Å². The van der Waals surface area contributed by atoms with Gasteiger partial charge in [-0.15, -0.1) is 0 Å². The molecule has 1 amide bonds. The predicted molar refractivity (Wildman–Crippen MR) is 69.2 cm³/mol. The van der Waals surface area contributed by atoms with Gasteiger partial charge in [0.05, 0.1) is 12.5 Å². The molecule has 1 saturated heterocycles. The van der Waals surface area contributed by atoms with E-state index < -0.39 is 6.10 Å². The van der Waals surface area contributed by atoms with Crippen LogP contribution < -0.4 is 0 Å². The Morgan fingerprint density at radius 2 is 2.37 bits per heavy atom. The summed E-state index contributed by atoms with van der Waals surface area (Å²) < 4.78 is 13.2. The van der Waals surface area contributed by atoms with Gasteiger partial charge >= 0.3 is 0 Å². The molecular weight excluding hydrogens is 247 g/mol. The second-order valence-corrected chi connectivity index (χ2v) is 4.96. The molecule has 2 N–H and O–H groups in total. The summed E-state index contributed by atoms with van der Waals surface area (Å²) in [6, 6.07) is 4.49. The number of benzene rings is 1. The van der Waals surface area contributed by atoms with Gasteiger partial charge in [0, 0.05) is 30.2 Å². The number of aliphatic hydroxyl groups is 1. The highest BCUT2D eigenvalue weighted by molar-refractivity contribution is 5.89. The number of β-amino-alcohol motifs (C(OH)–C–C–N with tert-alkyl or cyclic N) is 1. The first-order chi connectivity index (χ1) is 9.13. The molecule has 3 rings (SSSR count). The monoisotopic (exact) mass is 262 g/mol. The molecule has 4 nitrogen and oxygen atoms in total. The van der Waals surface area contributed by atoms with Crippen molar-refractivity contribution in [3.05, 3.63) is 35.8 Å². The normalized spacial score (nSPS) is 19.3. The number of rotatable bonds is 2. The van der Waals surface area contributed by atoms with E-state index in [1.807, 2.05) is 0 Å². The Labute approximate surface area is 109 Å². The predicted octanol–water partition coefficient (Wildman–Crippen LogP) is 1.44. The summed E-state index contributed by atoms with van der Waals surface area (Å²) in [6.07, 6.45) is 2.20. The summed E-state index contributed by atoms with van der Waals surface area (Å²) in [5, 5.41) is 10.2. The smallest absolute Gasteiger partial charge is 0.227 e. The average Bonchev–Trinajstić information content (AvgIpc) is 2.97. The van der Waals surface area contributed by atoms with Crippen LogP contribution in [-0.2, 0) is 11.2 Å². The van der Waals surface area contributed by atoms with Crippen LogP contribution in [0.5, 0.6) is 0 Å². The molecule has 19 heavy (non-hydrogen) atoms. The Balaban J connectivity index is 1.81. The molecule has 0 spiro atoms. The lowest BCUT2D eigenvalue weighted by Crippen LogP contribution is -2.30. The number of amides is 1. The van der Waals surface area contributed by atoms with E-state index in [2.05, 4.69) is 4.98 Å². The fourth-order valence-electron chi connectivity index (χ4n) is 2.54. The Morgan fingerprint density at radius 1 is 1.53 bits per heavy atom. The average molecular weight is 262 g/mol. The largest absolute Gasteiger partial charge is 0.391 e. The summed E-state index contributed by atoms with van der Waals surface area (Å²) >= 11 is 0. The van der Waals surface area contributed by atoms with E-state index in [1.165, 1.54) is 12.1 Å². The van der Waals surface area contributed by atoms with E-state index in [-0.39, 0.29) is 18.1 Å². The second-order valence-electron chi connectivity index (χ2n) is 4.96. The molecule has 0 unspecified atom stereocenters. The highest BCUT2D eigenvalue weighted by Crippen LogP contribution is 2.21. The lowest BCUT2D eigenvalue weighted by molar-refractivity contribution is -0.129. The Hall–Kier alpha value is -1.88. The molecule has 5 heteroatoms. The summed E-state index contributed by atoms with van der Waals surface area (Å²) in [4.78, 5) is 16.8. The standard InChI is InChI=1S/C14H15FN2O2/c15-10-1-2-13-12(6-10)9(7-16-13)5-14(19)17-4-3-11(18)8-17/h1-2,6-7,11,16,18H,3-5,8H2/t11-/m1/s1. The van der Waals surface area contributed by atoms with E-state index >= 15 is 0 Å². The van der Waals surface area contributed by atoms with Crippen molar-refractivity contribution in [1.29, 1.82) is 0 Å². The maximum Gasteiger partial charge on any atom is 0.227 e. The number of nitrogens with one attached hydrogen (secondary N) is 1. The van der Waals surface area contributed by atoms with Crippen molar-refractivity contribution in [2.75, 3.05) is 13.1 Å². The summed E-state index contributed by atoms with van der Waals surface area (Å²) in [5.41, 5.74) is 1.62. The second kappa shape index (κ2) is 4.66. The zero-order valence-electron chi connectivity index (χ0n) is 10.4. The maximum atomic E-state index is 13.2. The van der Waals surface area contributed by atoms with E-state index in [1.54, 1.807) is 17.2 Å². The van der Waals surface area contributed by atoms with Gasteiger partial charge in [0.25, 0.3) is 0 Å². The van der Waals surface area contributed by atoms with Crippen LogP contribution >= 0.6 is 0 Å². The third kappa shape index (κ3) is 2.33. The first kappa shape index (κ1) is 12.2. The van der Waals surface area contributed by atoms with Crippen molar-refractivity contribution in [2.45, 2.75) is 18.9 Å². The quantitative estimate of drug-likeness (QED) is 0.860. The molecule has 1 aromatic heterocycles. The first-order valence-corrected chi connectivity index (χ1v) is 6.35. The van der Waals surface area contributed by atoms with Crippen molar-refractivity contribution in [1.82, 2.24) is 9.88 Å². The maximum absolute atomic E-state index is 13.2. The first-order valence-electron chi connectivity index (χ1n) is 6.35. The van der Waals surface area contributed by atoms with Crippen LogP contribution in [0.3, 0.4) is 0 Å². The lowest BCUT2D eigenvalue weighted by atomic mass is 10.1. The number of aromatic nitrogens is 1. The van der Waals surface area contributed by atoms with Gasteiger partial charge in [-0.2, -0.15) is 0 Å². The topological polar surface area (TPSA) is 56.3 Å². The van der Waals surface area contributed by atoms with Crippen molar-refractivity contribution >= 4 is 16.8 Å². The fraction of sp³-hybridized carbons (Fsp3) is 0.357. The van der Waals surface area contributed by atoms with E-state index in [9.17, 15) is 14.3 Å². The minimum Gasteiger partial charge on any atom is -0.391 e. The highest BCUT2D eigenvalue weighted by atomic mass is 19.1. The molecule has 1 atom stereocenters. The van der Waals surface area contributed by atoms with Crippen LogP contribution in [0.1, 0.15) is 12.0 Å². The Bertz CT molecular complexity index is 623. The molecular formula is C14H15FN2O2. The molecule has 0 saturated carbocycles. The SMILES string of the molecule is O=C(Cc1c[nH]c2ccc(F)cc12)N1CC[C@@H](O)C1. The molecule has 0 aliphatic carbocycles. The van der Waals surface area contributed by atoms with Crippen LogP contribution in [0.4, 0.5) is 4.39 Å². The van der Waals surface area contributed by atoms with Crippen LogP contribution in [-0.4, -0.2) is 40.1 Å². The molecule has 1 fully saturated rings. The third-order valence-electron chi connectivity index (χ3n) is 3.59. The highest BCUT2D eigenvalue weighted by Gasteiger charge is 2.24. The number of carbonyl (C=O) groups excluding carboxylic acids is 1. The van der Waals surface area contributed by atoms with Gasteiger partial charge in [-0.1, -0.05) is 0 Å². The van der Waals surface area contributed by atoms with Crippen molar-refractivity contribution in [3.8, 4) is 0 Å². The zero-order chi connectivity index (χ0) is 13.4. The molecule has 0 bridgehead atoms. The summed E-state index contributed by atoms with van der Waals surface area (Å²) in [6.45, 7) is 0.992. The summed E-state index contributed by atoms with van der Waals surface area (Å²) in [5.74, 6) is -0.334. The van der Waals surface area contributed by atoms with Gasteiger partial charge < -0.3 is 15.0 Å². The molecule has 2 aromatic rings. The third-order valence-corrected chi connectivity index (χ3v) is 3.59. The van der Waals surface area contributed by atoms with Gasteiger partial charge in [-0.25, -0.2) is 4.39 Å². The van der Waals surface area contributed by atoms with Gasteiger partial charge in [0.15, 0.2) is 0 Å². The number of carbonyl (C=O) groups is 1. The number of nitrogens with zero attached hydrogens (tertiary/aromatic N) is 1. The lowest BCUT2D eigenvalue weighted by Gasteiger charge is -2.15. The van der Waals surface area contributed by atoms with E-state index in [4.69, 9.17) is 0 Å². The van der Waals surface area contributed by atoms with Crippen molar-refractivity contribution < 1.29 is 14.3 Å². The van der Waals surface area contributed by atoms with Gasteiger partial charge in [-0.3, -0.25) is 4.79 Å². The van der Waals surface area contributed by atoms with Crippen molar-refractivity contribution in [2.24, 2.45) is 0 Å². The molecule has 0 radical (unpaired) electrons. The minimum absolute atomic E-state index is 0.0262. The number of halogens is 1. The van der Waals surface area contributed by atoms with Crippen LogP contribution in [0.15, 0.2) is 24.4 Å². The van der Waals surface area contributed by atoms with Crippen LogP contribution in [0.2, 0.25) is 0 Å². The van der Waals surface area contributed by atoms with E-state index in [0.717, 1.165) is 16.5 Å². The Morgan fingerprint density at radius 3 is 3.11 bits per heavy atom. The molecule has 2 heterocycles. The number of hydrogen-bond donors (Lipinski definition) is 2. The molecule has 1 aromatic carbocycles.